The molecule has 0 aromatic heterocycles. The molecule has 1 saturated heterocycles. The van der Waals surface area contributed by atoms with Crippen LogP contribution < -0.4 is 5.32 Å². The van der Waals surface area contributed by atoms with Crippen molar-refractivity contribution in [2.45, 2.75) is 45.2 Å². The second-order valence-electron chi connectivity index (χ2n) is 6.98. The lowest BCUT2D eigenvalue weighted by molar-refractivity contribution is -0.144. The highest BCUT2D eigenvalue weighted by Gasteiger charge is 2.37. The Balaban J connectivity index is 2.01. The summed E-state index contributed by atoms with van der Waals surface area (Å²) < 4.78 is 0. The number of nitrogens with one attached hydrogen (secondary N) is 1. The number of aliphatic carboxylic acids is 1. The first kappa shape index (κ1) is 21.9. The van der Waals surface area contributed by atoms with Crippen molar-refractivity contribution in [2.24, 2.45) is 5.92 Å². The third-order valence-electron chi connectivity index (χ3n) is 4.69. The van der Waals surface area contributed by atoms with Gasteiger partial charge < -0.3 is 15.3 Å². The van der Waals surface area contributed by atoms with Crippen molar-refractivity contribution < 1.29 is 24.3 Å². The Labute approximate surface area is 168 Å². The molecule has 0 bridgehead atoms. The van der Waals surface area contributed by atoms with Crippen molar-refractivity contribution in [1.29, 1.82) is 0 Å². The van der Waals surface area contributed by atoms with Gasteiger partial charge in [0.05, 0.1) is 0 Å². The molecule has 1 fully saturated rings. The molecule has 1 aromatic carbocycles. The maximum atomic E-state index is 12.7. The van der Waals surface area contributed by atoms with E-state index in [1.165, 1.54) is 11.8 Å². The van der Waals surface area contributed by atoms with Gasteiger partial charge in [-0.15, -0.1) is 0 Å². The minimum Gasteiger partial charge on any atom is -0.480 e. The molecule has 2 unspecified atom stereocenters. The number of carbonyl (C=O) groups excluding carboxylic acids is 3. The van der Waals surface area contributed by atoms with Crippen molar-refractivity contribution in [3.63, 3.8) is 0 Å². The van der Waals surface area contributed by atoms with E-state index in [2.05, 4.69) is 5.32 Å². The van der Waals surface area contributed by atoms with E-state index in [0.717, 1.165) is 17.3 Å². The molecule has 0 aliphatic carbocycles. The topological polar surface area (TPSA) is 104 Å². The number of carboxylic acids is 1. The number of thioether (sulfide) groups is 1. The van der Waals surface area contributed by atoms with E-state index in [-0.39, 0.29) is 23.4 Å². The van der Waals surface area contributed by atoms with Crippen LogP contribution in [0.1, 0.15) is 32.3 Å². The van der Waals surface area contributed by atoms with Gasteiger partial charge in [0.1, 0.15) is 12.1 Å². The van der Waals surface area contributed by atoms with E-state index >= 15 is 0 Å². The summed E-state index contributed by atoms with van der Waals surface area (Å²) >= 11 is 1.09. The largest absolute Gasteiger partial charge is 0.480 e. The molecule has 28 heavy (non-hydrogen) atoms. The molecule has 2 rings (SSSR count). The minimum absolute atomic E-state index is 0.0550. The van der Waals surface area contributed by atoms with Crippen molar-refractivity contribution >= 4 is 34.7 Å². The molecule has 0 saturated carbocycles. The fourth-order valence-corrected chi connectivity index (χ4v) is 3.84. The number of carboxylic acid groups (broad SMARTS) is 1. The summed E-state index contributed by atoms with van der Waals surface area (Å²) in [6.45, 7) is 3.65. The average Bonchev–Trinajstić information content (AvgIpc) is 3.15. The molecule has 1 aliphatic rings. The number of hydrogen-bond acceptors (Lipinski definition) is 5. The molecule has 8 heteroatoms. The van der Waals surface area contributed by atoms with Gasteiger partial charge in [0.2, 0.25) is 11.8 Å². The first-order valence-corrected chi connectivity index (χ1v) is 10.3. The van der Waals surface area contributed by atoms with Crippen LogP contribution in [0.4, 0.5) is 0 Å². The Morgan fingerprint density at radius 2 is 1.93 bits per heavy atom. The lowest BCUT2D eigenvalue weighted by atomic mass is 10.1. The molecule has 2 N–H and O–H groups in total. The van der Waals surface area contributed by atoms with Crippen LogP contribution in [0.15, 0.2) is 30.3 Å². The highest BCUT2D eigenvalue weighted by molar-refractivity contribution is 8.13. The molecular formula is C20H26N2O5S. The van der Waals surface area contributed by atoms with E-state index in [0.29, 0.717) is 25.1 Å². The van der Waals surface area contributed by atoms with Gasteiger partial charge in [-0.1, -0.05) is 49.0 Å². The number of carbonyl (C=O) groups is 4. The minimum atomic E-state index is -1.11. The van der Waals surface area contributed by atoms with E-state index in [1.54, 1.807) is 6.92 Å². The second-order valence-corrected chi connectivity index (χ2v) is 8.18. The zero-order valence-corrected chi connectivity index (χ0v) is 16.9. The van der Waals surface area contributed by atoms with Crippen LogP contribution in [0.3, 0.4) is 0 Å². The van der Waals surface area contributed by atoms with Gasteiger partial charge in [-0.25, -0.2) is 4.79 Å². The fraction of sp³-hybridized carbons (Fsp3) is 0.500. The van der Waals surface area contributed by atoms with Crippen molar-refractivity contribution in [3.8, 4) is 0 Å². The Hall–Kier alpha value is -2.35. The Morgan fingerprint density at radius 1 is 1.25 bits per heavy atom. The number of hydrogen-bond donors (Lipinski definition) is 2. The summed E-state index contributed by atoms with van der Waals surface area (Å²) in [6.07, 6.45) is 1.36. The molecule has 152 valence electrons. The fourth-order valence-electron chi connectivity index (χ4n) is 3.22. The molecule has 0 radical (unpaired) electrons. The van der Waals surface area contributed by atoms with E-state index < -0.39 is 24.0 Å². The first-order valence-electron chi connectivity index (χ1n) is 9.30. The van der Waals surface area contributed by atoms with E-state index in [4.69, 9.17) is 0 Å². The molecule has 2 amide bonds. The first-order chi connectivity index (χ1) is 13.3. The molecular weight excluding hydrogens is 380 g/mol. The predicted octanol–water partition coefficient (Wildman–Crippen LogP) is 1.71. The lowest BCUT2D eigenvalue weighted by Gasteiger charge is -2.27. The van der Waals surface area contributed by atoms with Gasteiger partial charge in [-0.2, -0.15) is 0 Å². The Bertz CT molecular complexity index is 725. The zero-order valence-electron chi connectivity index (χ0n) is 16.1. The van der Waals surface area contributed by atoms with Crippen LogP contribution in [0.5, 0.6) is 0 Å². The molecule has 3 atom stereocenters. The SMILES string of the molecule is CC(=O)SC[C@H](C)C(=O)N1CCCC1C(=O)NC(Cc1ccccc1)C(=O)O. The summed E-state index contributed by atoms with van der Waals surface area (Å²) in [5.41, 5.74) is 0.810. The highest BCUT2D eigenvalue weighted by Crippen LogP contribution is 2.22. The van der Waals surface area contributed by atoms with Crippen LogP contribution in [0, 0.1) is 5.92 Å². The maximum Gasteiger partial charge on any atom is 0.326 e. The van der Waals surface area contributed by atoms with Crippen LogP contribution in [-0.4, -0.2) is 57.3 Å². The third kappa shape index (κ3) is 6.09. The maximum absolute atomic E-state index is 12.7. The molecule has 1 aliphatic heterocycles. The van der Waals surface area contributed by atoms with Crippen molar-refractivity contribution in [1.82, 2.24) is 10.2 Å². The number of rotatable bonds is 8. The third-order valence-corrected chi connectivity index (χ3v) is 5.77. The van der Waals surface area contributed by atoms with Crippen LogP contribution in [-0.2, 0) is 25.6 Å². The standard InChI is InChI=1S/C20H26N2O5S/c1-13(12-28-14(2)23)19(25)22-10-6-9-17(22)18(24)21-16(20(26)27)11-15-7-4-3-5-8-15/h3-5,7-8,13,16-17H,6,9-12H2,1-2H3,(H,21,24)(H,26,27)/t13-,16?,17?/m0/s1. The smallest absolute Gasteiger partial charge is 0.326 e. The number of nitrogens with zero attached hydrogens (tertiary/aromatic N) is 1. The highest BCUT2D eigenvalue weighted by atomic mass is 32.2. The normalized spacial score (nSPS) is 18.4. The number of likely N-dealkylation sites (tertiary alicyclic amines) is 1. The lowest BCUT2D eigenvalue weighted by Crippen LogP contribution is -2.52. The van der Waals surface area contributed by atoms with E-state index in [9.17, 15) is 24.3 Å². The van der Waals surface area contributed by atoms with Crippen LogP contribution >= 0.6 is 11.8 Å². The zero-order chi connectivity index (χ0) is 20.7. The summed E-state index contributed by atoms with van der Waals surface area (Å²) in [6, 6.07) is 7.35. The molecule has 1 heterocycles. The van der Waals surface area contributed by atoms with Crippen LogP contribution in [0.25, 0.3) is 0 Å². The molecule has 7 nitrogen and oxygen atoms in total. The Morgan fingerprint density at radius 3 is 2.54 bits per heavy atom. The van der Waals surface area contributed by atoms with Gasteiger partial charge >= 0.3 is 5.97 Å². The predicted molar refractivity (Wildman–Crippen MR) is 107 cm³/mol. The van der Waals surface area contributed by atoms with Gasteiger partial charge in [-0.3, -0.25) is 14.4 Å². The van der Waals surface area contributed by atoms with E-state index in [1.807, 2.05) is 30.3 Å². The van der Waals surface area contributed by atoms with Crippen molar-refractivity contribution in [2.75, 3.05) is 12.3 Å². The second kappa shape index (κ2) is 10.3. The molecule has 1 aromatic rings. The van der Waals surface area contributed by atoms with Crippen molar-refractivity contribution in [3.05, 3.63) is 35.9 Å². The number of benzene rings is 1. The van der Waals surface area contributed by atoms with Gasteiger partial charge in [0, 0.05) is 31.6 Å². The van der Waals surface area contributed by atoms with Gasteiger partial charge in [0.15, 0.2) is 5.12 Å². The monoisotopic (exact) mass is 406 g/mol. The molecule has 0 spiro atoms. The Kier molecular flexibility index (Phi) is 8.04. The van der Waals surface area contributed by atoms with Crippen LogP contribution in [0.2, 0.25) is 0 Å². The average molecular weight is 407 g/mol. The summed E-state index contributed by atoms with van der Waals surface area (Å²) in [7, 11) is 0. The summed E-state index contributed by atoms with van der Waals surface area (Å²) in [5, 5.41) is 12.0. The summed E-state index contributed by atoms with van der Waals surface area (Å²) in [5.74, 6) is -1.76. The quantitative estimate of drug-likeness (QED) is 0.681. The summed E-state index contributed by atoms with van der Waals surface area (Å²) in [4.78, 5) is 49.6. The van der Waals surface area contributed by atoms with Gasteiger partial charge in [-0.05, 0) is 18.4 Å². The van der Waals surface area contributed by atoms with Gasteiger partial charge in [0.25, 0.3) is 0 Å². The number of amides is 2.